The van der Waals surface area contributed by atoms with Gasteiger partial charge in [-0.05, 0) is 32.1 Å². The molecule has 0 radical (unpaired) electrons. The van der Waals surface area contributed by atoms with E-state index in [-0.39, 0.29) is 29.0 Å². The van der Waals surface area contributed by atoms with Gasteiger partial charge in [-0.1, -0.05) is 0 Å². The van der Waals surface area contributed by atoms with Gasteiger partial charge in [0, 0.05) is 51.4 Å². The highest BCUT2D eigenvalue weighted by atomic mass is 16.5. The van der Waals surface area contributed by atoms with Gasteiger partial charge in [0.05, 0.1) is 13.2 Å². The van der Waals surface area contributed by atoms with Crippen LogP contribution in [0.1, 0.15) is 42.9 Å². The van der Waals surface area contributed by atoms with Gasteiger partial charge in [0.2, 0.25) is 0 Å². The fourth-order valence-corrected chi connectivity index (χ4v) is 4.50. The van der Waals surface area contributed by atoms with Crippen molar-refractivity contribution in [2.24, 2.45) is 5.41 Å². The van der Waals surface area contributed by atoms with E-state index in [4.69, 9.17) is 4.74 Å². The van der Waals surface area contributed by atoms with Crippen LogP contribution in [0.3, 0.4) is 0 Å². The number of nitrogens with zero attached hydrogens (tertiary/aromatic N) is 4. The minimum atomic E-state index is -0.446. The van der Waals surface area contributed by atoms with Crippen molar-refractivity contribution in [1.82, 2.24) is 24.7 Å². The van der Waals surface area contributed by atoms with Crippen molar-refractivity contribution in [3.05, 3.63) is 27.9 Å². The van der Waals surface area contributed by atoms with Crippen molar-refractivity contribution >= 4 is 11.9 Å². The Morgan fingerprint density at radius 3 is 2.48 bits per heavy atom. The number of ether oxygens (including phenoxy) is 1. The standard InChI is InChI=1S/C20H29N5O4/c1-14(2)21-19(28)24-5-3-20(4-6-24)11-16-22-17(26)15(12-25(16)13-20)18(27)23-7-9-29-10-8-23/h12,14H,3-11,13H2,1-2H3,(H,21,28). The fraction of sp³-hybridized carbons (Fsp3) is 0.700. The van der Waals surface area contributed by atoms with Gasteiger partial charge in [-0.3, -0.25) is 9.59 Å². The number of nitrogens with one attached hydrogen (secondary N) is 1. The topological polar surface area (TPSA) is 96.8 Å². The highest BCUT2D eigenvalue weighted by Gasteiger charge is 2.42. The first kappa shape index (κ1) is 19.9. The number of fused-ring (bicyclic) bond motifs is 1. The Balaban J connectivity index is 1.45. The van der Waals surface area contributed by atoms with Crippen molar-refractivity contribution in [3.8, 4) is 0 Å². The molecule has 3 aliphatic heterocycles. The second-order valence-corrected chi connectivity index (χ2v) is 8.68. The highest BCUT2D eigenvalue weighted by Crippen LogP contribution is 2.40. The lowest BCUT2D eigenvalue weighted by Crippen LogP contribution is -2.49. The number of hydrogen-bond acceptors (Lipinski definition) is 5. The van der Waals surface area contributed by atoms with E-state index in [0.29, 0.717) is 45.8 Å². The Hall–Kier alpha value is -2.42. The average molecular weight is 403 g/mol. The van der Waals surface area contributed by atoms with E-state index >= 15 is 0 Å². The summed E-state index contributed by atoms with van der Waals surface area (Å²) in [6.45, 7) is 8.01. The molecule has 2 saturated heterocycles. The maximum Gasteiger partial charge on any atom is 0.317 e. The zero-order valence-corrected chi connectivity index (χ0v) is 17.1. The molecule has 1 N–H and O–H groups in total. The SMILES string of the molecule is CC(C)NC(=O)N1CCC2(CC1)Cc1nc(=O)c(C(=O)N3CCOCC3)cn1C2. The van der Waals surface area contributed by atoms with E-state index in [1.807, 2.05) is 23.3 Å². The molecule has 0 atom stereocenters. The molecule has 1 aromatic heterocycles. The summed E-state index contributed by atoms with van der Waals surface area (Å²) in [4.78, 5) is 45.3. The zero-order chi connectivity index (χ0) is 20.6. The smallest absolute Gasteiger partial charge is 0.317 e. The number of carbonyl (C=O) groups excluding carboxylic acids is 2. The predicted octanol–water partition coefficient (Wildman–Crippen LogP) is 0.472. The third-order valence-corrected chi connectivity index (χ3v) is 6.17. The quantitative estimate of drug-likeness (QED) is 0.774. The Kier molecular flexibility index (Phi) is 5.33. The van der Waals surface area contributed by atoms with E-state index in [9.17, 15) is 14.4 Å². The molecule has 29 heavy (non-hydrogen) atoms. The summed E-state index contributed by atoms with van der Waals surface area (Å²) in [6, 6.07) is 0.100. The van der Waals surface area contributed by atoms with Crippen LogP contribution in [0.25, 0.3) is 0 Å². The zero-order valence-electron chi connectivity index (χ0n) is 17.1. The van der Waals surface area contributed by atoms with Gasteiger partial charge in [-0.2, -0.15) is 4.98 Å². The van der Waals surface area contributed by atoms with Crippen molar-refractivity contribution in [2.75, 3.05) is 39.4 Å². The minimum Gasteiger partial charge on any atom is -0.378 e. The molecule has 9 heteroatoms. The van der Waals surface area contributed by atoms with Crippen molar-refractivity contribution in [3.63, 3.8) is 0 Å². The van der Waals surface area contributed by atoms with Gasteiger partial charge in [0.25, 0.3) is 11.5 Å². The first-order valence-corrected chi connectivity index (χ1v) is 10.4. The van der Waals surface area contributed by atoms with Crippen LogP contribution in [-0.2, 0) is 17.7 Å². The van der Waals surface area contributed by atoms with Crippen molar-refractivity contribution < 1.29 is 14.3 Å². The molecular formula is C20H29N5O4. The largest absolute Gasteiger partial charge is 0.378 e. The van der Waals surface area contributed by atoms with Gasteiger partial charge in [-0.25, -0.2) is 4.79 Å². The number of rotatable bonds is 2. The van der Waals surface area contributed by atoms with Gasteiger partial charge >= 0.3 is 6.03 Å². The van der Waals surface area contributed by atoms with Crippen molar-refractivity contribution in [1.29, 1.82) is 0 Å². The Morgan fingerprint density at radius 2 is 1.83 bits per heavy atom. The number of aromatic nitrogens is 2. The molecule has 4 heterocycles. The first-order valence-electron chi connectivity index (χ1n) is 10.4. The molecule has 3 aliphatic rings. The van der Waals surface area contributed by atoms with E-state index in [1.54, 1.807) is 11.1 Å². The molecule has 0 unspecified atom stereocenters. The molecule has 1 aromatic rings. The molecule has 158 valence electrons. The fourth-order valence-electron chi connectivity index (χ4n) is 4.50. The van der Waals surface area contributed by atoms with E-state index in [2.05, 4.69) is 10.3 Å². The molecule has 4 rings (SSSR count). The second-order valence-electron chi connectivity index (χ2n) is 8.68. The summed E-state index contributed by atoms with van der Waals surface area (Å²) >= 11 is 0. The summed E-state index contributed by atoms with van der Waals surface area (Å²) in [5.41, 5.74) is -0.304. The van der Waals surface area contributed by atoms with Crippen LogP contribution in [0.4, 0.5) is 4.79 Å². The van der Waals surface area contributed by atoms with Crippen LogP contribution >= 0.6 is 0 Å². The van der Waals surface area contributed by atoms with Gasteiger partial charge in [0.1, 0.15) is 11.4 Å². The van der Waals surface area contributed by atoms with Crippen LogP contribution in [0.2, 0.25) is 0 Å². The number of urea groups is 1. The van der Waals surface area contributed by atoms with Gasteiger partial charge < -0.3 is 24.4 Å². The monoisotopic (exact) mass is 403 g/mol. The van der Waals surface area contributed by atoms with Crippen LogP contribution < -0.4 is 10.9 Å². The summed E-state index contributed by atoms with van der Waals surface area (Å²) in [5, 5.41) is 2.94. The molecule has 2 fully saturated rings. The second kappa shape index (κ2) is 7.78. The third-order valence-electron chi connectivity index (χ3n) is 6.17. The van der Waals surface area contributed by atoms with E-state index in [0.717, 1.165) is 25.2 Å². The highest BCUT2D eigenvalue weighted by molar-refractivity contribution is 5.93. The lowest BCUT2D eigenvalue weighted by atomic mass is 9.77. The molecule has 0 aliphatic carbocycles. The molecule has 0 aromatic carbocycles. The lowest BCUT2D eigenvalue weighted by Gasteiger charge is -2.39. The summed E-state index contributed by atoms with van der Waals surface area (Å²) in [7, 11) is 0. The number of amides is 3. The maximum absolute atomic E-state index is 12.8. The number of carbonyl (C=O) groups is 2. The van der Waals surface area contributed by atoms with Crippen LogP contribution in [0.5, 0.6) is 0 Å². The molecule has 1 spiro atoms. The average Bonchev–Trinajstić information content (AvgIpc) is 3.03. The van der Waals surface area contributed by atoms with Crippen molar-refractivity contribution in [2.45, 2.75) is 45.7 Å². The van der Waals surface area contributed by atoms with E-state index < -0.39 is 5.56 Å². The van der Waals surface area contributed by atoms with Crippen LogP contribution in [-0.4, -0.2) is 76.7 Å². The van der Waals surface area contributed by atoms with Gasteiger partial charge in [0.15, 0.2) is 0 Å². The predicted molar refractivity (Wildman–Crippen MR) is 106 cm³/mol. The maximum atomic E-state index is 12.8. The van der Waals surface area contributed by atoms with Crippen LogP contribution in [0.15, 0.2) is 11.0 Å². The Morgan fingerprint density at radius 1 is 1.14 bits per heavy atom. The number of piperidine rings is 1. The molecule has 9 nitrogen and oxygen atoms in total. The molecular weight excluding hydrogens is 374 g/mol. The van der Waals surface area contributed by atoms with E-state index in [1.165, 1.54) is 0 Å². The number of morpholine rings is 1. The summed E-state index contributed by atoms with van der Waals surface area (Å²) < 4.78 is 7.26. The third kappa shape index (κ3) is 4.01. The molecule has 0 saturated carbocycles. The van der Waals surface area contributed by atoms with Gasteiger partial charge in [-0.15, -0.1) is 0 Å². The summed E-state index contributed by atoms with van der Waals surface area (Å²) in [6.07, 6.45) is 4.13. The first-order chi connectivity index (χ1) is 13.9. The Bertz CT molecular complexity index is 851. The molecule has 3 amide bonds. The molecule has 0 bridgehead atoms. The number of likely N-dealkylation sites (tertiary alicyclic amines) is 1. The minimum absolute atomic E-state index is 0.00167. The normalized spacial score (nSPS) is 20.8. The Labute approximate surface area is 170 Å². The van der Waals surface area contributed by atoms with Crippen LogP contribution in [0, 0.1) is 5.41 Å². The summed E-state index contributed by atoms with van der Waals surface area (Å²) in [5.74, 6) is 0.482. The number of hydrogen-bond donors (Lipinski definition) is 1. The lowest BCUT2D eigenvalue weighted by molar-refractivity contribution is 0.0301.